The van der Waals surface area contributed by atoms with Crippen LogP contribution in [-0.4, -0.2) is 43.5 Å². The van der Waals surface area contributed by atoms with Gasteiger partial charge in [0.15, 0.2) is 0 Å². The lowest BCUT2D eigenvalue weighted by molar-refractivity contribution is -0.184. The minimum absolute atomic E-state index is 0.122. The molecule has 0 aliphatic carbocycles. The Balaban J connectivity index is 2.73. The zero-order chi connectivity index (χ0) is 16.0. The summed E-state index contributed by atoms with van der Waals surface area (Å²) >= 11 is 0. The SMILES string of the molecule is CNCC(=O)Nc1cccc(CN(C)C(=O)C(F)(F)F)c1. The molecule has 0 saturated carbocycles. The average Bonchev–Trinajstić information content (AvgIpc) is 2.37. The van der Waals surface area contributed by atoms with Crippen LogP contribution in [-0.2, 0) is 16.1 Å². The van der Waals surface area contributed by atoms with Gasteiger partial charge >= 0.3 is 12.1 Å². The molecule has 0 saturated heterocycles. The van der Waals surface area contributed by atoms with Crippen LogP contribution in [0.1, 0.15) is 5.56 Å². The van der Waals surface area contributed by atoms with E-state index in [1.807, 2.05) is 0 Å². The molecule has 1 rings (SSSR count). The van der Waals surface area contributed by atoms with Gasteiger partial charge in [0.2, 0.25) is 5.91 Å². The fourth-order valence-corrected chi connectivity index (χ4v) is 1.68. The van der Waals surface area contributed by atoms with Gasteiger partial charge in [0.25, 0.3) is 0 Å². The zero-order valence-corrected chi connectivity index (χ0v) is 11.6. The van der Waals surface area contributed by atoms with Crippen LogP contribution in [0, 0.1) is 0 Å². The van der Waals surface area contributed by atoms with Crippen molar-refractivity contribution in [2.75, 3.05) is 26.0 Å². The number of halogens is 3. The van der Waals surface area contributed by atoms with Crippen molar-refractivity contribution in [2.24, 2.45) is 0 Å². The van der Waals surface area contributed by atoms with Crippen molar-refractivity contribution in [3.05, 3.63) is 29.8 Å². The predicted molar refractivity (Wildman–Crippen MR) is 71.5 cm³/mol. The first-order valence-electron chi connectivity index (χ1n) is 6.09. The minimum atomic E-state index is -4.90. The number of hydrogen-bond donors (Lipinski definition) is 2. The summed E-state index contributed by atoms with van der Waals surface area (Å²) in [5.74, 6) is -2.18. The molecule has 116 valence electrons. The second-order valence-electron chi connectivity index (χ2n) is 4.44. The minimum Gasteiger partial charge on any atom is -0.334 e. The monoisotopic (exact) mass is 303 g/mol. The fourth-order valence-electron chi connectivity index (χ4n) is 1.68. The van der Waals surface area contributed by atoms with E-state index in [0.717, 1.165) is 7.05 Å². The van der Waals surface area contributed by atoms with Crippen LogP contribution in [0.25, 0.3) is 0 Å². The van der Waals surface area contributed by atoms with E-state index in [1.54, 1.807) is 25.2 Å². The third kappa shape index (κ3) is 5.42. The molecule has 0 bridgehead atoms. The standard InChI is InChI=1S/C13H16F3N3O2/c1-17-7-11(20)18-10-5-3-4-9(6-10)8-19(2)12(21)13(14,15)16/h3-6,17H,7-8H2,1-2H3,(H,18,20). The number of amides is 2. The van der Waals surface area contributed by atoms with E-state index in [2.05, 4.69) is 10.6 Å². The molecule has 8 heteroatoms. The Morgan fingerprint density at radius 2 is 1.95 bits per heavy atom. The quantitative estimate of drug-likeness (QED) is 0.863. The van der Waals surface area contributed by atoms with Crippen molar-refractivity contribution in [3.63, 3.8) is 0 Å². The van der Waals surface area contributed by atoms with Gasteiger partial charge in [0.1, 0.15) is 0 Å². The molecule has 0 aliphatic rings. The molecule has 0 unspecified atom stereocenters. The van der Waals surface area contributed by atoms with Gasteiger partial charge in [0, 0.05) is 19.3 Å². The first-order valence-corrected chi connectivity index (χ1v) is 6.09. The molecule has 5 nitrogen and oxygen atoms in total. The Bertz CT molecular complexity index is 518. The van der Waals surface area contributed by atoms with E-state index in [9.17, 15) is 22.8 Å². The summed E-state index contributed by atoms with van der Waals surface area (Å²) in [6, 6.07) is 6.31. The normalized spacial score (nSPS) is 11.1. The number of likely N-dealkylation sites (N-methyl/N-ethyl adjacent to an activating group) is 1. The lowest BCUT2D eigenvalue weighted by atomic mass is 10.2. The second kappa shape index (κ2) is 7.07. The number of hydrogen-bond acceptors (Lipinski definition) is 3. The van der Waals surface area contributed by atoms with Crippen molar-refractivity contribution < 1.29 is 22.8 Å². The summed E-state index contributed by atoms with van der Waals surface area (Å²) in [5, 5.41) is 5.27. The number of nitrogens with one attached hydrogen (secondary N) is 2. The molecule has 21 heavy (non-hydrogen) atoms. The molecule has 0 radical (unpaired) electrons. The number of nitrogens with zero attached hydrogens (tertiary/aromatic N) is 1. The summed E-state index contributed by atoms with van der Waals surface area (Å²) in [6.45, 7) is -0.0786. The van der Waals surface area contributed by atoms with E-state index in [-0.39, 0.29) is 19.0 Å². The smallest absolute Gasteiger partial charge is 0.334 e. The fraction of sp³-hybridized carbons (Fsp3) is 0.385. The maximum atomic E-state index is 12.3. The number of alkyl halides is 3. The second-order valence-corrected chi connectivity index (χ2v) is 4.44. The highest BCUT2D eigenvalue weighted by Gasteiger charge is 2.41. The van der Waals surface area contributed by atoms with E-state index < -0.39 is 12.1 Å². The molecule has 1 aromatic carbocycles. The summed E-state index contributed by atoms with van der Waals surface area (Å²) in [7, 11) is 2.69. The summed E-state index contributed by atoms with van der Waals surface area (Å²) in [6.07, 6.45) is -4.90. The molecule has 0 aliphatic heterocycles. The zero-order valence-electron chi connectivity index (χ0n) is 11.6. The molecule has 2 N–H and O–H groups in total. The third-order valence-corrected chi connectivity index (χ3v) is 2.56. The summed E-state index contributed by atoms with van der Waals surface area (Å²) in [4.78, 5) is 23.0. The van der Waals surface area contributed by atoms with Gasteiger partial charge < -0.3 is 15.5 Å². The Morgan fingerprint density at radius 1 is 1.29 bits per heavy atom. The maximum absolute atomic E-state index is 12.3. The van der Waals surface area contributed by atoms with Crippen LogP contribution in [0.15, 0.2) is 24.3 Å². The van der Waals surface area contributed by atoms with Gasteiger partial charge in [-0.05, 0) is 24.7 Å². The first kappa shape index (κ1) is 17.0. The Labute approximate surface area is 120 Å². The van der Waals surface area contributed by atoms with Crippen LogP contribution in [0.4, 0.5) is 18.9 Å². The maximum Gasteiger partial charge on any atom is 0.471 e. The predicted octanol–water partition coefficient (Wildman–Crippen LogP) is 1.37. The largest absolute Gasteiger partial charge is 0.471 e. The van der Waals surface area contributed by atoms with Crippen molar-refractivity contribution >= 4 is 17.5 Å². The Hall–Kier alpha value is -2.09. The van der Waals surface area contributed by atoms with Crippen molar-refractivity contribution in [1.82, 2.24) is 10.2 Å². The Morgan fingerprint density at radius 3 is 2.52 bits per heavy atom. The van der Waals surface area contributed by atoms with Crippen LogP contribution >= 0.6 is 0 Å². The highest BCUT2D eigenvalue weighted by molar-refractivity contribution is 5.92. The lowest BCUT2D eigenvalue weighted by Gasteiger charge is -2.19. The molecule has 0 atom stereocenters. The molecule has 0 aromatic heterocycles. The summed E-state index contributed by atoms with van der Waals surface area (Å²) in [5.41, 5.74) is 0.943. The third-order valence-electron chi connectivity index (χ3n) is 2.56. The van der Waals surface area contributed by atoms with Crippen molar-refractivity contribution in [3.8, 4) is 0 Å². The van der Waals surface area contributed by atoms with Crippen LogP contribution in [0.3, 0.4) is 0 Å². The molecular formula is C13H16F3N3O2. The molecule has 1 aromatic rings. The highest BCUT2D eigenvalue weighted by Crippen LogP contribution is 2.19. The van der Waals surface area contributed by atoms with E-state index >= 15 is 0 Å². The number of rotatable bonds is 5. The van der Waals surface area contributed by atoms with Crippen LogP contribution < -0.4 is 10.6 Å². The van der Waals surface area contributed by atoms with E-state index in [1.165, 1.54) is 6.07 Å². The van der Waals surface area contributed by atoms with Crippen molar-refractivity contribution in [1.29, 1.82) is 0 Å². The van der Waals surface area contributed by atoms with Gasteiger partial charge in [-0.2, -0.15) is 13.2 Å². The lowest BCUT2D eigenvalue weighted by Crippen LogP contribution is -2.37. The van der Waals surface area contributed by atoms with Gasteiger partial charge in [-0.25, -0.2) is 0 Å². The Kier molecular flexibility index (Phi) is 5.71. The number of carbonyl (C=O) groups excluding carboxylic acids is 2. The van der Waals surface area contributed by atoms with Crippen molar-refractivity contribution in [2.45, 2.75) is 12.7 Å². The van der Waals surface area contributed by atoms with Crippen LogP contribution in [0.5, 0.6) is 0 Å². The van der Waals surface area contributed by atoms with Gasteiger partial charge in [-0.1, -0.05) is 12.1 Å². The highest BCUT2D eigenvalue weighted by atomic mass is 19.4. The average molecular weight is 303 g/mol. The van der Waals surface area contributed by atoms with Crippen LogP contribution in [0.2, 0.25) is 0 Å². The van der Waals surface area contributed by atoms with Gasteiger partial charge in [-0.3, -0.25) is 9.59 Å². The number of benzene rings is 1. The van der Waals surface area contributed by atoms with Gasteiger partial charge in [0.05, 0.1) is 6.54 Å². The molecule has 2 amide bonds. The first-order chi connectivity index (χ1) is 9.74. The molecule has 0 heterocycles. The number of anilines is 1. The molecule has 0 fully saturated rings. The number of carbonyl (C=O) groups is 2. The topological polar surface area (TPSA) is 61.4 Å². The molecule has 0 spiro atoms. The summed E-state index contributed by atoms with van der Waals surface area (Å²) < 4.78 is 36.8. The molecular weight excluding hydrogens is 287 g/mol. The van der Waals surface area contributed by atoms with E-state index in [0.29, 0.717) is 16.2 Å². The van der Waals surface area contributed by atoms with Gasteiger partial charge in [-0.15, -0.1) is 0 Å². The van der Waals surface area contributed by atoms with E-state index in [4.69, 9.17) is 0 Å².